The number of nitrogen functional groups attached to an aromatic ring is 1. The van der Waals surface area contributed by atoms with Crippen LogP contribution in [0.5, 0.6) is 0 Å². The third-order valence-electron chi connectivity index (χ3n) is 3.40. The van der Waals surface area contributed by atoms with Crippen LogP contribution in [-0.4, -0.2) is 12.6 Å². The zero-order chi connectivity index (χ0) is 14.6. The van der Waals surface area contributed by atoms with Crippen molar-refractivity contribution in [1.82, 2.24) is 0 Å². The van der Waals surface area contributed by atoms with Crippen LogP contribution in [0, 0.1) is 0 Å². The minimum Gasteiger partial charge on any atom is -0.465 e. The highest BCUT2D eigenvalue weighted by molar-refractivity contribution is 5.74. The summed E-state index contributed by atoms with van der Waals surface area (Å²) in [6, 6.07) is 7.42. The molecule has 20 heavy (non-hydrogen) atoms. The van der Waals surface area contributed by atoms with Crippen molar-refractivity contribution < 1.29 is 9.53 Å². The van der Waals surface area contributed by atoms with E-state index in [2.05, 4.69) is 6.92 Å². The number of hydrogen-bond donors (Lipinski definition) is 1. The SMILES string of the molecule is CCCCCCCCCOC(=O)Cc1ccccc1N. The Bertz CT molecular complexity index is 390. The predicted octanol–water partition coefficient (Wildman–Crippen LogP) is 4.11. The maximum absolute atomic E-state index is 11.7. The molecule has 0 aliphatic carbocycles. The summed E-state index contributed by atoms with van der Waals surface area (Å²) in [6.07, 6.45) is 8.83. The number of carbonyl (C=O) groups is 1. The quantitative estimate of drug-likeness (QED) is 0.398. The average Bonchev–Trinajstić information content (AvgIpc) is 2.44. The van der Waals surface area contributed by atoms with Crippen LogP contribution >= 0.6 is 0 Å². The molecule has 2 N–H and O–H groups in total. The number of nitrogens with two attached hydrogens (primary N) is 1. The second-order valence-electron chi connectivity index (χ2n) is 5.22. The van der Waals surface area contributed by atoms with Gasteiger partial charge in [0, 0.05) is 5.69 Å². The summed E-state index contributed by atoms with van der Waals surface area (Å²) >= 11 is 0. The molecule has 3 heteroatoms. The van der Waals surface area contributed by atoms with Crippen LogP contribution in [0.25, 0.3) is 0 Å². The summed E-state index contributed by atoms with van der Waals surface area (Å²) in [5, 5.41) is 0. The Morgan fingerprint density at radius 3 is 2.40 bits per heavy atom. The highest BCUT2D eigenvalue weighted by Crippen LogP contribution is 2.12. The van der Waals surface area contributed by atoms with Gasteiger partial charge in [-0.3, -0.25) is 4.79 Å². The van der Waals surface area contributed by atoms with Gasteiger partial charge in [-0.2, -0.15) is 0 Å². The zero-order valence-corrected chi connectivity index (χ0v) is 12.6. The van der Waals surface area contributed by atoms with Crippen LogP contribution in [0.2, 0.25) is 0 Å². The first-order valence-corrected chi connectivity index (χ1v) is 7.73. The monoisotopic (exact) mass is 277 g/mol. The van der Waals surface area contributed by atoms with Gasteiger partial charge in [0.05, 0.1) is 13.0 Å². The molecule has 0 fully saturated rings. The number of esters is 1. The summed E-state index contributed by atoms with van der Waals surface area (Å²) in [5.41, 5.74) is 7.29. The minimum absolute atomic E-state index is 0.186. The molecule has 1 aromatic rings. The van der Waals surface area contributed by atoms with Gasteiger partial charge in [0.15, 0.2) is 0 Å². The van der Waals surface area contributed by atoms with Gasteiger partial charge in [-0.05, 0) is 18.1 Å². The van der Waals surface area contributed by atoms with E-state index < -0.39 is 0 Å². The van der Waals surface area contributed by atoms with E-state index in [9.17, 15) is 4.79 Å². The maximum Gasteiger partial charge on any atom is 0.310 e. The van der Waals surface area contributed by atoms with Gasteiger partial charge in [-0.15, -0.1) is 0 Å². The van der Waals surface area contributed by atoms with Gasteiger partial charge in [-0.1, -0.05) is 63.6 Å². The van der Waals surface area contributed by atoms with Gasteiger partial charge >= 0.3 is 5.97 Å². The van der Waals surface area contributed by atoms with Crippen LogP contribution in [-0.2, 0) is 16.0 Å². The molecule has 112 valence electrons. The summed E-state index contributed by atoms with van der Waals surface area (Å²) in [6.45, 7) is 2.75. The number of hydrogen-bond acceptors (Lipinski definition) is 3. The second-order valence-corrected chi connectivity index (χ2v) is 5.22. The highest BCUT2D eigenvalue weighted by Gasteiger charge is 2.06. The molecular weight excluding hydrogens is 250 g/mol. The first kappa shape index (κ1) is 16.5. The molecule has 0 aliphatic heterocycles. The Balaban J connectivity index is 2.05. The lowest BCUT2D eigenvalue weighted by Gasteiger charge is -2.06. The van der Waals surface area contributed by atoms with E-state index in [0.717, 1.165) is 18.4 Å². The second kappa shape index (κ2) is 10.3. The number of benzene rings is 1. The van der Waals surface area contributed by atoms with Crippen LogP contribution in [0.4, 0.5) is 5.69 Å². The molecule has 0 atom stereocenters. The van der Waals surface area contributed by atoms with Crippen molar-refractivity contribution in [2.75, 3.05) is 12.3 Å². The lowest BCUT2D eigenvalue weighted by atomic mass is 10.1. The zero-order valence-electron chi connectivity index (χ0n) is 12.6. The predicted molar refractivity (Wildman–Crippen MR) is 83.5 cm³/mol. The van der Waals surface area contributed by atoms with Crippen molar-refractivity contribution in [3.63, 3.8) is 0 Å². The van der Waals surface area contributed by atoms with Crippen LogP contribution in [0.1, 0.15) is 57.4 Å². The number of unbranched alkanes of at least 4 members (excludes halogenated alkanes) is 6. The molecule has 0 unspecified atom stereocenters. The maximum atomic E-state index is 11.7. The van der Waals surface area contributed by atoms with Crippen molar-refractivity contribution in [2.45, 2.75) is 58.3 Å². The Hall–Kier alpha value is -1.51. The lowest BCUT2D eigenvalue weighted by Crippen LogP contribution is -2.10. The van der Waals surface area contributed by atoms with E-state index in [1.807, 2.05) is 18.2 Å². The Labute approximate surface area is 122 Å². The Morgan fingerprint density at radius 1 is 1.05 bits per heavy atom. The van der Waals surface area contributed by atoms with Gasteiger partial charge in [-0.25, -0.2) is 0 Å². The molecule has 0 aromatic heterocycles. The minimum atomic E-state index is -0.186. The van der Waals surface area contributed by atoms with Gasteiger partial charge in [0.1, 0.15) is 0 Å². The number of para-hydroxylation sites is 1. The fraction of sp³-hybridized carbons (Fsp3) is 0.588. The van der Waals surface area contributed by atoms with Crippen molar-refractivity contribution in [2.24, 2.45) is 0 Å². The number of rotatable bonds is 10. The number of carbonyl (C=O) groups excluding carboxylic acids is 1. The summed E-state index contributed by atoms with van der Waals surface area (Å²) in [5.74, 6) is -0.186. The Kier molecular flexibility index (Phi) is 8.52. The van der Waals surface area contributed by atoms with Crippen molar-refractivity contribution in [3.05, 3.63) is 29.8 Å². The molecule has 0 radical (unpaired) electrons. The lowest BCUT2D eigenvalue weighted by molar-refractivity contribution is -0.142. The standard InChI is InChI=1S/C17H27NO2/c1-2-3-4-5-6-7-10-13-20-17(19)14-15-11-8-9-12-16(15)18/h8-9,11-12H,2-7,10,13-14,18H2,1H3. The third kappa shape index (κ3) is 7.17. The summed E-state index contributed by atoms with van der Waals surface area (Å²) in [7, 11) is 0. The number of anilines is 1. The van der Waals surface area contributed by atoms with Crippen molar-refractivity contribution >= 4 is 11.7 Å². The molecule has 1 rings (SSSR count). The fourth-order valence-corrected chi connectivity index (χ4v) is 2.15. The molecule has 0 aliphatic rings. The first-order chi connectivity index (χ1) is 9.74. The summed E-state index contributed by atoms with van der Waals surface area (Å²) in [4.78, 5) is 11.7. The first-order valence-electron chi connectivity index (χ1n) is 7.73. The number of ether oxygens (including phenoxy) is 1. The van der Waals surface area contributed by atoms with Gasteiger partial charge < -0.3 is 10.5 Å². The fourth-order valence-electron chi connectivity index (χ4n) is 2.15. The highest BCUT2D eigenvalue weighted by atomic mass is 16.5. The largest absolute Gasteiger partial charge is 0.465 e. The van der Waals surface area contributed by atoms with Crippen LogP contribution < -0.4 is 5.73 Å². The molecule has 1 aromatic carbocycles. The topological polar surface area (TPSA) is 52.3 Å². The van der Waals surface area contributed by atoms with E-state index in [-0.39, 0.29) is 12.4 Å². The normalized spacial score (nSPS) is 10.4. The molecule has 0 saturated carbocycles. The van der Waals surface area contributed by atoms with E-state index in [0.29, 0.717) is 12.3 Å². The van der Waals surface area contributed by atoms with Gasteiger partial charge in [0.2, 0.25) is 0 Å². The molecular formula is C17H27NO2. The van der Waals surface area contributed by atoms with E-state index in [1.165, 1.54) is 32.1 Å². The summed E-state index contributed by atoms with van der Waals surface area (Å²) < 4.78 is 5.23. The average molecular weight is 277 g/mol. The Morgan fingerprint density at radius 2 is 1.70 bits per heavy atom. The van der Waals surface area contributed by atoms with Gasteiger partial charge in [0.25, 0.3) is 0 Å². The molecule has 3 nitrogen and oxygen atoms in total. The third-order valence-corrected chi connectivity index (χ3v) is 3.40. The van der Waals surface area contributed by atoms with Crippen molar-refractivity contribution in [1.29, 1.82) is 0 Å². The van der Waals surface area contributed by atoms with E-state index in [1.54, 1.807) is 6.07 Å². The van der Waals surface area contributed by atoms with E-state index >= 15 is 0 Å². The smallest absolute Gasteiger partial charge is 0.310 e. The molecule has 0 bridgehead atoms. The molecule has 0 saturated heterocycles. The van der Waals surface area contributed by atoms with Crippen LogP contribution in [0.3, 0.4) is 0 Å². The molecule has 0 spiro atoms. The van der Waals surface area contributed by atoms with Crippen molar-refractivity contribution in [3.8, 4) is 0 Å². The molecule has 0 amide bonds. The van der Waals surface area contributed by atoms with E-state index in [4.69, 9.17) is 10.5 Å². The molecule has 0 heterocycles. The van der Waals surface area contributed by atoms with Crippen LogP contribution in [0.15, 0.2) is 24.3 Å².